The van der Waals surface area contributed by atoms with Crippen LogP contribution in [0.25, 0.3) is 11.8 Å². The van der Waals surface area contributed by atoms with Crippen LogP contribution in [0.15, 0.2) is 48.8 Å². The molecule has 0 bridgehead atoms. The summed E-state index contributed by atoms with van der Waals surface area (Å²) in [6.07, 6.45) is 6.76. The Morgan fingerprint density at radius 1 is 1.05 bits per heavy atom. The molecule has 5 N–H and O–H groups in total. The van der Waals surface area contributed by atoms with Gasteiger partial charge >= 0.3 is 0 Å². The van der Waals surface area contributed by atoms with Gasteiger partial charge in [-0.25, -0.2) is 8.78 Å². The minimum absolute atomic E-state index is 0. The number of carboxylic acid groups (broad SMARTS) is 1. The monoisotopic (exact) mass is 615 g/mol. The average molecular weight is 616 g/mol. The lowest BCUT2D eigenvalue weighted by Gasteiger charge is -2.41. The summed E-state index contributed by atoms with van der Waals surface area (Å²) in [7, 11) is 0. The van der Waals surface area contributed by atoms with Crippen LogP contribution in [0.4, 0.5) is 8.78 Å². The lowest BCUT2D eigenvalue weighted by molar-refractivity contribution is -0.312. The molecule has 2 unspecified atom stereocenters. The highest BCUT2D eigenvalue weighted by atomic mass is 35.5. The number of nitrogens with one attached hydrogen (secondary N) is 1. The molecule has 2 atom stereocenters. The van der Waals surface area contributed by atoms with E-state index in [1.54, 1.807) is 24.3 Å². The predicted molar refractivity (Wildman–Crippen MR) is 152 cm³/mol. The minimum atomic E-state index is -1.11. The third-order valence-corrected chi connectivity index (χ3v) is 8.18. The van der Waals surface area contributed by atoms with Gasteiger partial charge in [-0.15, -0.1) is 5.10 Å². The zero-order valence-electron chi connectivity index (χ0n) is 23.5. The Hall–Kier alpha value is -4.23. The van der Waals surface area contributed by atoms with Crippen LogP contribution in [0.3, 0.4) is 0 Å². The van der Waals surface area contributed by atoms with Gasteiger partial charge in [0.25, 0.3) is 0 Å². The number of aliphatic carboxylic acids is 1. The lowest BCUT2D eigenvalue weighted by atomic mass is 9.81. The molecular formula is C29H32ClF2N7O4. The first kappa shape index (κ1) is 31.7. The molecule has 228 valence electrons. The fourth-order valence-electron chi connectivity index (χ4n) is 5.85. The maximum absolute atomic E-state index is 15.0. The number of piperidine rings is 1. The second kappa shape index (κ2) is 13.8. The summed E-state index contributed by atoms with van der Waals surface area (Å²) in [5.41, 5.74) is 1.27. The Morgan fingerprint density at radius 2 is 1.81 bits per heavy atom. The normalized spacial score (nSPS) is 22.2. The van der Waals surface area contributed by atoms with Gasteiger partial charge in [0.15, 0.2) is 0 Å². The number of amides is 2. The number of carbonyl (C=O) groups excluding carboxylic acids is 3. The van der Waals surface area contributed by atoms with Crippen molar-refractivity contribution in [1.82, 2.24) is 36.6 Å². The van der Waals surface area contributed by atoms with Crippen molar-refractivity contribution in [1.29, 1.82) is 0 Å². The maximum Gasteiger partial charge on any atom is 0.247 e. The van der Waals surface area contributed by atoms with Crippen molar-refractivity contribution in [2.45, 2.75) is 56.5 Å². The van der Waals surface area contributed by atoms with E-state index in [-0.39, 0.29) is 24.3 Å². The Kier molecular flexibility index (Phi) is 10.2. The highest BCUT2D eigenvalue weighted by Gasteiger charge is 2.41. The van der Waals surface area contributed by atoms with E-state index in [2.05, 4.69) is 20.8 Å². The van der Waals surface area contributed by atoms with Gasteiger partial charge in [0, 0.05) is 47.2 Å². The summed E-state index contributed by atoms with van der Waals surface area (Å²) >= 11 is 6.20. The fourth-order valence-corrected chi connectivity index (χ4v) is 6.03. The molecule has 2 heterocycles. The van der Waals surface area contributed by atoms with E-state index in [9.17, 15) is 28.3 Å². The second-order valence-corrected chi connectivity index (χ2v) is 11.0. The van der Waals surface area contributed by atoms with E-state index in [0.717, 1.165) is 12.1 Å². The molecule has 2 aromatic carbocycles. The molecule has 1 saturated heterocycles. The molecule has 0 spiro atoms. The topological polar surface area (TPSA) is 170 Å². The standard InChI is InChI=1S/C29H29ClF2N6O4.H3N/c30-19-6-11-25(38-16-33-35-36-38)18(14-19)5-12-26(39)37-13-1-2-23(22-10-7-20(31)15-24(22)32)27(37)28(40)34-21-8-3-17(4-9-21)29(41)42;/h5-7,10-12,14-17,21,23,27H,1-4,8-9,13H2,(H,34,40)(H,41,42);1H3/b12-5+;. The van der Waals surface area contributed by atoms with E-state index < -0.39 is 47.3 Å². The van der Waals surface area contributed by atoms with Crippen LogP contribution in [0, 0.1) is 17.6 Å². The molecule has 11 nitrogen and oxygen atoms in total. The van der Waals surface area contributed by atoms with Crippen molar-refractivity contribution in [2.24, 2.45) is 5.92 Å². The summed E-state index contributed by atoms with van der Waals surface area (Å²) in [4.78, 5) is 40.1. The zero-order valence-corrected chi connectivity index (χ0v) is 24.2. The van der Waals surface area contributed by atoms with Gasteiger partial charge < -0.3 is 26.3 Å². The average Bonchev–Trinajstić information content (AvgIpc) is 3.51. The number of carboxylic acids is 1. The van der Waals surface area contributed by atoms with Crippen molar-refractivity contribution in [3.63, 3.8) is 0 Å². The predicted octanol–water partition coefficient (Wildman–Crippen LogP) is 3.18. The summed E-state index contributed by atoms with van der Waals surface area (Å²) in [6, 6.07) is 6.84. The smallest absolute Gasteiger partial charge is 0.247 e. The molecule has 1 saturated carbocycles. The molecule has 1 aliphatic carbocycles. The number of likely N-dealkylation sites (tertiary alicyclic amines) is 1. The van der Waals surface area contributed by atoms with Gasteiger partial charge in [-0.3, -0.25) is 9.59 Å². The van der Waals surface area contributed by atoms with Crippen LogP contribution in [-0.4, -0.2) is 61.5 Å². The highest BCUT2D eigenvalue weighted by molar-refractivity contribution is 6.30. The molecular weight excluding hydrogens is 584 g/mol. The zero-order chi connectivity index (χ0) is 29.8. The third kappa shape index (κ3) is 7.23. The van der Waals surface area contributed by atoms with E-state index in [4.69, 9.17) is 11.6 Å². The second-order valence-electron chi connectivity index (χ2n) is 10.6. The number of halogens is 3. The number of benzene rings is 2. The summed E-state index contributed by atoms with van der Waals surface area (Å²) in [5, 5.41) is 25.8. The van der Waals surface area contributed by atoms with Crippen LogP contribution in [0.5, 0.6) is 0 Å². The van der Waals surface area contributed by atoms with Crippen LogP contribution >= 0.6 is 11.6 Å². The molecule has 2 aliphatic rings. The van der Waals surface area contributed by atoms with Gasteiger partial charge in [-0.2, -0.15) is 4.68 Å². The molecule has 1 aliphatic heterocycles. The number of carbonyl (C=O) groups is 3. The fraction of sp³-hybridized carbons (Fsp3) is 0.379. The van der Waals surface area contributed by atoms with E-state index >= 15 is 0 Å². The van der Waals surface area contributed by atoms with Crippen LogP contribution < -0.4 is 16.6 Å². The van der Waals surface area contributed by atoms with Gasteiger partial charge in [-0.1, -0.05) is 17.7 Å². The van der Waals surface area contributed by atoms with Gasteiger partial charge in [0.2, 0.25) is 11.8 Å². The summed E-state index contributed by atoms with van der Waals surface area (Å²) in [6.45, 7) is 0.243. The van der Waals surface area contributed by atoms with E-state index in [1.165, 1.54) is 28.1 Å². The van der Waals surface area contributed by atoms with Crippen molar-refractivity contribution < 1.29 is 28.3 Å². The van der Waals surface area contributed by atoms with Crippen LogP contribution in [0.2, 0.25) is 5.02 Å². The van der Waals surface area contributed by atoms with Gasteiger partial charge in [0.05, 0.1) is 5.69 Å². The Bertz CT molecular complexity index is 1500. The number of quaternary nitrogens is 1. The SMILES string of the molecule is O=C([O-])C1CCC(NC(=O)C2C(c3ccc(F)cc3F)CCCN2C(=O)/C=C/c2cc(Cl)ccc2-n2cnnn2)CC1.[NH4+]. The first-order valence-electron chi connectivity index (χ1n) is 13.7. The molecule has 43 heavy (non-hydrogen) atoms. The molecule has 1 aromatic heterocycles. The number of aromatic nitrogens is 4. The van der Waals surface area contributed by atoms with Gasteiger partial charge in [0.1, 0.15) is 24.0 Å². The summed E-state index contributed by atoms with van der Waals surface area (Å²) < 4.78 is 30.1. The molecule has 0 radical (unpaired) electrons. The number of hydrogen-bond acceptors (Lipinski definition) is 7. The number of rotatable bonds is 7. The Morgan fingerprint density at radius 3 is 2.49 bits per heavy atom. The maximum atomic E-state index is 15.0. The van der Waals surface area contributed by atoms with Crippen molar-refractivity contribution in [3.05, 3.63) is 76.6 Å². The Balaban J connectivity index is 0.00000423. The van der Waals surface area contributed by atoms with Crippen molar-refractivity contribution in [2.75, 3.05) is 6.54 Å². The Labute approximate surface area is 251 Å². The minimum Gasteiger partial charge on any atom is -0.550 e. The lowest BCUT2D eigenvalue weighted by Crippen LogP contribution is -2.57. The quantitative estimate of drug-likeness (QED) is 0.384. The first-order chi connectivity index (χ1) is 20.2. The number of nitrogens with zero attached hydrogens (tertiary/aromatic N) is 5. The largest absolute Gasteiger partial charge is 0.550 e. The molecule has 2 amide bonds. The van der Waals surface area contributed by atoms with Crippen molar-refractivity contribution >= 4 is 35.5 Å². The molecule has 5 rings (SSSR count). The third-order valence-electron chi connectivity index (χ3n) is 7.94. The molecule has 14 heteroatoms. The van der Waals surface area contributed by atoms with E-state index in [0.29, 0.717) is 54.8 Å². The van der Waals surface area contributed by atoms with Gasteiger partial charge in [-0.05, 0) is 90.8 Å². The van der Waals surface area contributed by atoms with Crippen LogP contribution in [-0.2, 0) is 14.4 Å². The molecule has 2 fully saturated rings. The van der Waals surface area contributed by atoms with E-state index in [1.807, 2.05) is 0 Å². The molecule has 3 aromatic rings. The van der Waals surface area contributed by atoms with Crippen molar-refractivity contribution in [3.8, 4) is 5.69 Å². The van der Waals surface area contributed by atoms with Crippen LogP contribution in [0.1, 0.15) is 55.6 Å². The summed E-state index contributed by atoms with van der Waals surface area (Å²) in [5.74, 6) is -4.88. The number of hydrogen-bond donors (Lipinski definition) is 2. The highest BCUT2D eigenvalue weighted by Crippen LogP contribution is 2.35. The first-order valence-corrected chi connectivity index (χ1v) is 14.1. The number of tetrazole rings is 1.